The highest BCUT2D eigenvalue weighted by Crippen LogP contribution is 2.55. The Bertz CT molecular complexity index is 507. The first-order valence-corrected chi connectivity index (χ1v) is 6.34. The molecule has 0 aromatic rings. The number of nitro groups is 1. The number of nitrogens with zero attached hydrogens (tertiary/aromatic N) is 2. The maximum Gasteiger partial charge on any atom is 0.224 e. The molecule has 6 heteroatoms. The van der Waals surface area contributed by atoms with Crippen LogP contribution >= 0.6 is 0 Å². The van der Waals surface area contributed by atoms with Crippen molar-refractivity contribution in [3.8, 4) is 6.07 Å². The van der Waals surface area contributed by atoms with Crippen molar-refractivity contribution in [2.45, 2.75) is 38.6 Å². The van der Waals surface area contributed by atoms with Gasteiger partial charge in [0.2, 0.25) is 5.54 Å². The van der Waals surface area contributed by atoms with Gasteiger partial charge in [-0.15, -0.1) is 0 Å². The zero-order valence-corrected chi connectivity index (χ0v) is 11.0. The number of fused-ring (bicyclic) bond motifs is 1. The summed E-state index contributed by atoms with van der Waals surface area (Å²) >= 11 is 0. The Morgan fingerprint density at radius 1 is 1.63 bits per heavy atom. The lowest BCUT2D eigenvalue weighted by Crippen LogP contribution is -2.48. The highest BCUT2D eigenvalue weighted by molar-refractivity contribution is 5.99. The van der Waals surface area contributed by atoms with Gasteiger partial charge in [0.05, 0.1) is 18.6 Å². The molecule has 0 radical (unpaired) electrons. The molecule has 0 aliphatic heterocycles. The van der Waals surface area contributed by atoms with Crippen LogP contribution in [-0.4, -0.2) is 22.9 Å². The second-order valence-corrected chi connectivity index (χ2v) is 5.36. The number of allylic oxidation sites excluding steroid dienone is 2. The second kappa shape index (κ2) is 4.34. The third-order valence-electron chi connectivity index (χ3n) is 4.45. The fraction of sp³-hybridized carbons (Fsp3) is 0.692. The molecule has 6 nitrogen and oxygen atoms in total. The van der Waals surface area contributed by atoms with Crippen molar-refractivity contribution in [2.75, 3.05) is 6.61 Å². The Balaban J connectivity index is 2.47. The summed E-state index contributed by atoms with van der Waals surface area (Å²) in [5.74, 6) is -0.502. The lowest BCUT2D eigenvalue weighted by molar-refractivity contribution is -0.574. The number of carbonyl (C=O) groups is 1. The van der Waals surface area contributed by atoms with Crippen LogP contribution in [0.3, 0.4) is 0 Å². The Morgan fingerprint density at radius 2 is 2.32 bits per heavy atom. The topological polar surface area (TPSA) is 93.2 Å². The number of nitriles is 1. The van der Waals surface area contributed by atoms with E-state index >= 15 is 0 Å². The summed E-state index contributed by atoms with van der Waals surface area (Å²) in [6.45, 7) is 3.72. The van der Waals surface area contributed by atoms with E-state index in [4.69, 9.17) is 4.74 Å². The highest BCUT2D eigenvalue weighted by atomic mass is 16.6. The highest BCUT2D eigenvalue weighted by Gasteiger charge is 2.66. The van der Waals surface area contributed by atoms with Crippen molar-refractivity contribution in [1.29, 1.82) is 5.26 Å². The first-order valence-electron chi connectivity index (χ1n) is 6.34. The number of hydrogen-bond acceptors (Lipinski definition) is 5. The van der Waals surface area contributed by atoms with Crippen LogP contribution in [0, 0.1) is 32.8 Å². The molecular weight excluding hydrogens is 248 g/mol. The van der Waals surface area contributed by atoms with E-state index in [1.54, 1.807) is 6.92 Å². The largest absolute Gasteiger partial charge is 0.498 e. The van der Waals surface area contributed by atoms with Crippen molar-refractivity contribution in [2.24, 2.45) is 11.3 Å². The van der Waals surface area contributed by atoms with Gasteiger partial charge in [-0.2, -0.15) is 5.26 Å². The zero-order valence-electron chi connectivity index (χ0n) is 11.0. The van der Waals surface area contributed by atoms with E-state index in [9.17, 15) is 20.2 Å². The predicted octanol–water partition coefficient (Wildman–Crippen LogP) is 1.83. The Morgan fingerprint density at radius 3 is 2.84 bits per heavy atom. The van der Waals surface area contributed by atoms with Crippen LogP contribution in [0.5, 0.6) is 0 Å². The smallest absolute Gasteiger partial charge is 0.224 e. The van der Waals surface area contributed by atoms with E-state index in [2.05, 4.69) is 0 Å². The molecule has 0 heterocycles. The van der Waals surface area contributed by atoms with Crippen molar-refractivity contribution < 1.29 is 14.5 Å². The van der Waals surface area contributed by atoms with E-state index in [1.807, 2.05) is 6.07 Å². The third-order valence-corrected chi connectivity index (χ3v) is 4.45. The minimum Gasteiger partial charge on any atom is -0.498 e. The van der Waals surface area contributed by atoms with Crippen LogP contribution in [0.2, 0.25) is 0 Å². The average molecular weight is 264 g/mol. The Kier molecular flexibility index (Phi) is 3.09. The minimum atomic E-state index is -1.25. The molecule has 0 spiro atoms. The molecule has 0 amide bonds. The summed E-state index contributed by atoms with van der Waals surface area (Å²) in [5.41, 5.74) is -2.48. The molecule has 0 aromatic carbocycles. The van der Waals surface area contributed by atoms with Gasteiger partial charge >= 0.3 is 0 Å². The van der Waals surface area contributed by atoms with Crippen LogP contribution < -0.4 is 0 Å². The average Bonchev–Trinajstić information content (AvgIpc) is 2.67. The van der Waals surface area contributed by atoms with Crippen LogP contribution in [0.15, 0.2) is 11.8 Å². The number of hydrogen-bond donors (Lipinski definition) is 0. The standard InChI is InChI=1S/C13H16N2O4/c1-3-19-9-6-10-12(2,15(17)18)4-5-13(10,8-14)11(16)7-9/h7,10H,3-6H2,1-2H3/t10-,12+,13+/m0/s1. The molecule has 1 saturated carbocycles. The number of ketones is 1. The van der Waals surface area contributed by atoms with Gasteiger partial charge in [-0.3, -0.25) is 14.9 Å². The molecule has 0 saturated heterocycles. The molecule has 0 unspecified atom stereocenters. The van der Waals surface area contributed by atoms with Gasteiger partial charge in [-0.1, -0.05) is 0 Å². The second-order valence-electron chi connectivity index (χ2n) is 5.36. The Hall–Kier alpha value is -1.90. The van der Waals surface area contributed by atoms with E-state index in [0.29, 0.717) is 12.4 Å². The van der Waals surface area contributed by atoms with Gasteiger partial charge in [-0.05, 0) is 13.3 Å². The predicted molar refractivity (Wildman–Crippen MR) is 65.5 cm³/mol. The van der Waals surface area contributed by atoms with Gasteiger partial charge in [-0.25, -0.2) is 0 Å². The normalized spacial score (nSPS) is 37.2. The zero-order chi connectivity index (χ0) is 14.3. The summed E-state index contributed by atoms with van der Waals surface area (Å²) in [6.07, 6.45) is 2.12. The van der Waals surface area contributed by atoms with Crippen molar-refractivity contribution >= 4 is 5.78 Å². The maximum absolute atomic E-state index is 12.2. The van der Waals surface area contributed by atoms with Gasteiger partial charge in [0, 0.05) is 30.8 Å². The van der Waals surface area contributed by atoms with Gasteiger partial charge in [0.15, 0.2) is 5.78 Å². The quantitative estimate of drug-likeness (QED) is 0.572. The molecule has 3 atom stereocenters. The van der Waals surface area contributed by atoms with E-state index in [1.165, 1.54) is 13.0 Å². The van der Waals surface area contributed by atoms with Crippen LogP contribution in [-0.2, 0) is 9.53 Å². The molecule has 0 bridgehead atoms. The van der Waals surface area contributed by atoms with E-state index in [0.717, 1.165) is 0 Å². The molecular formula is C13H16N2O4. The van der Waals surface area contributed by atoms with E-state index in [-0.39, 0.29) is 30.0 Å². The Labute approximate surface area is 111 Å². The number of carbonyl (C=O) groups excluding carboxylic acids is 1. The summed E-state index contributed by atoms with van der Waals surface area (Å²) in [5, 5.41) is 20.7. The van der Waals surface area contributed by atoms with Crippen molar-refractivity contribution in [1.82, 2.24) is 0 Å². The van der Waals surface area contributed by atoms with Crippen LogP contribution in [0.25, 0.3) is 0 Å². The fourth-order valence-electron chi connectivity index (χ4n) is 3.25. The SMILES string of the molecule is CCOC1=CC(=O)[C@@]2(C#N)CC[C@@](C)([N+](=O)[O-])[C@@H]2C1. The molecule has 2 rings (SSSR count). The number of rotatable bonds is 3. The van der Waals surface area contributed by atoms with Crippen LogP contribution in [0.4, 0.5) is 0 Å². The number of ether oxygens (including phenoxy) is 1. The molecule has 102 valence electrons. The van der Waals surface area contributed by atoms with Gasteiger partial charge < -0.3 is 4.74 Å². The third kappa shape index (κ3) is 1.72. The minimum absolute atomic E-state index is 0.247. The first kappa shape index (κ1) is 13.5. The lowest BCUT2D eigenvalue weighted by atomic mass is 9.67. The fourth-order valence-corrected chi connectivity index (χ4v) is 3.25. The molecule has 19 heavy (non-hydrogen) atoms. The molecule has 0 N–H and O–H groups in total. The van der Waals surface area contributed by atoms with Crippen LogP contribution in [0.1, 0.15) is 33.1 Å². The monoisotopic (exact) mass is 264 g/mol. The molecule has 0 aromatic heterocycles. The lowest BCUT2D eigenvalue weighted by Gasteiger charge is -2.34. The summed E-state index contributed by atoms with van der Waals surface area (Å²) in [6, 6.07) is 2.05. The summed E-state index contributed by atoms with van der Waals surface area (Å²) in [4.78, 5) is 23.2. The molecule has 2 aliphatic rings. The summed E-state index contributed by atoms with van der Waals surface area (Å²) in [7, 11) is 0. The van der Waals surface area contributed by atoms with Crippen molar-refractivity contribution in [3.63, 3.8) is 0 Å². The van der Waals surface area contributed by atoms with E-state index < -0.39 is 16.9 Å². The first-order chi connectivity index (χ1) is 8.90. The van der Waals surface area contributed by atoms with Gasteiger partial charge in [0.25, 0.3) is 0 Å². The molecule has 1 fully saturated rings. The molecule has 2 aliphatic carbocycles. The summed E-state index contributed by atoms with van der Waals surface area (Å²) < 4.78 is 5.33. The van der Waals surface area contributed by atoms with Crippen molar-refractivity contribution in [3.05, 3.63) is 21.9 Å². The van der Waals surface area contributed by atoms with Gasteiger partial charge in [0.1, 0.15) is 11.2 Å². The maximum atomic E-state index is 12.2.